The van der Waals surface area contributed by atoms with Crippen molar-refractivity contribution in [3.8, 4) is 5.75 Å². The number of hydrogen-bond acceptors (Lipinski definition) is 4. The van der Waals surface area contributed by atoms with E-state index in [1.54, 1.807) is 13.3 Å². The van der Waals surface area contributed by atoms with E-state index in [0.717, 1.165) is 32.0 Å². The molecule has 86 valence electrons. The van der Waals surface area contributed by atoms with Crippen molar-refractivity contribution in [2.24, 2.45) is 0 Å². The minimum Gasteiger partial charge on any atom is -0.489 e. The molecule has 0 spiro atoms. The van der Waals surface area contributed by atoms with Crippen molar-refractivity contribution in [3.05, 3.63) is 12.4 Å². The van der Waals surface area contributed by atoms with Crippen LogP contribution in [0.1, 0.15) is 6.92 Å². The van der Waals surface area contributed by atoms with Crippen LogP contribution in [0.2, 0.25) is 0 Å². The molecule has 0 fully saturated rings. The molecule has 5 heteroatoms. The fourth-order valence-corrected chi connectivity index (χ4v) is 1.13. The van der Waals surface area contributed by atoms with Crippen molar-refractivity contribution in [2.75, 3.05) is 33.4 Å². The summed E-state index contributed by atoms with van der Waals surface area (Å²) in [6.45, 7) is 5.97. The maximum Gasteiger partial charge on any atom is 0.157 e. The third kappa shape index (κ3) is 4.80. The Kier molecular flexibility index (Phi) is 5.80. The molecule has 0 amide bonds. The highest BCUT2D eigenvalue weighted by Gasteiger charge is 1.96. The van der Waals surface area contributed by atoms with Gasteiger partial charge >= 0.3 is 0 Å². The van der Waals surface area contributed by atoms with Gasteiger partial charge < -0.3 is 14.8 Å². The van der Waals surface area contributed by atoms with Gasteiger partial charge in [-0.2, -0.15) is 5.10 Å². The van der Waals surface area contributed by atoms with Crippen LogP contribution >= 0.6 is 0 Å². The summed E-state index contributed by atoms with van der Waals surface area (Å²) in [7, 11) is 1.69. The van der Waals surface area contributed by atoms with Crippen molar-refractivity contribution in [3.63, 3.8) is 0 Å². The number of ether oxygens (including phenoxy) is 2. The molecule has 0 aliphatic carbocycles. The highest BCUT2D eigenvalue weighted by Crippen LogP contribution is 2.06. The lowest BCUT2D eigenvalue weighted by Crippen LogP contribution is -2.24. The van der Waals surface area contributed by atoms with Gasteiger partial charge in [0.2, 0.25) is 0 Å². The average Bonchev–Trinajstić information content (AvgIpc) is 2.71. The number of nitrogens with one attached hydrogen (secondary N) is 1. The van der Waals surface area contributed by atoms with Crippen LogP contribution < -0.4 is 10.1 Å². The van der Waals surface area contributed by atoms with Crippen LogP contribution in [0.5, 0.6) is 5.75 Å². The zero-order chi connectivity index (χ0) is 10.9. The predicted octanol–water partition coefficient (Wildman–Crippen LogP) is 0.518. The summed E-state index contributed by atoms with van der Waals surface area (Å²) < 4.78 is 12.2. The van der Waals surface area contributed by atoms with Crippen LogP contribution in [-0.2, 0) is 11.3 Å². The van der Waals surface area contributed by atoms with Crippen LogP contribution in [0, 0.1) is 0 Å². The van der Waals surface area contributed by atoms with Crippen LogP contribution in [0.3, 0.4) is 0 Å². The molecular weight excluding hydrogens is 194 g/mol. The maximum absolute atomic E-state index is 5.48. The van der Waals surface area contributed by atoms with E-state index in [4.69, 9.17) is 9.47 Å². The molecule has 0 unspecified atom stereocenters. The van der Waals surface area contributed by atoms with Crippen molar-refractivity contribution in [1.82, 2.24) is 15.1 Å². The average molecular weight is 213 g/mol. The molecule has 1 rings (SSSR count). The van der Waals surface area contributed by atoms with Crippen molar-refractivity contribution < 1.29 is 9.47 Å². The summed E-state index contributed by atoms with van der Waals surface area (Å²) in [5.74, 6) is 0.824. The standard InChI is InChI=1S/C10H19N3O2/c1-3-13-9-10(8-12-13)15-7-5-11-4-6-14-2/h8-9,11H,3-7H2,1-2H3. The van der Waals surface area contributed by atoms with Gasteiger partial charge in [-0.1, -0.05) is 0 Å². The van der Waals surface area contributed by atoms with E-state index in [1.807, 2.05) is 17.8 Å². The molecule has 0 aliphatic heterocycles. The van der Waals surface area contributed by atoms with E-state index in [-0.39, 0.29) is 0 Å². The minimum absolute atomic E-state index is 0.652. The molecule has 0 bridgehead atoms. The molecule has 0 radical (unpaired) electrons. The lowest BCUT2D eigenvalue weighted by molar-refractivity contribution is 0.197. The quantitative estimate of drug-likeness (QED) is 0.639. The normalized spacial score (nSPS) is 10.5. The summed E-state index contributed by atoms with van der Waals surface area (Å²) in [4.78, 5) is 0. The fourth-order valence-electron chi connectivity index (χ4n) is 1.13. The molecule has 5 nitrogen and oxygen atoms in total. The van der Waals surface area contributed by atoms with E-state index >= 15 is 0 Å². The molecule has 1 aromatic heterocycles. The van der Waals surface area contributed by atoms with Crippen molar-refractivity contribution >= 4 is 0 Å². The van der Waals surface area contributed by atoms with Gasteiger partial charge in [0.1, 0.15) is 6.61 Å². The predicted molar refractivity (Wildman–Crippen MR) is 58.1 cm³/mol. The van der Waals surface area contributed by atoms with Gasteiger partial charge in [-0.25, -0.2) is 0 Å². The van der Waals surface area contributed by atoms with Gasteiger partial charge in [-0.05, 0) is 6.92 Å². The summed E-state index contributed by atoms with van der Waals surface area (Å²) in [6.07, 6.45) is 3.63. The maximum atomic E-state index is 5.48. The number of hydrogen-bond donors (Lipinski definition) is 1. The largest absolute Gasteiger partial charge is 0.489 e. The Morgan fingerprint density at radius 2 is 2.20 bits per heavy atom. The molecular formula is C10H19N3O2. The van der Waals surface area contributed by atoms with Gasteiger partial charge in [0.15, 0.2) is 5.75 Å². The second-order valence-corrected chi connectivity index (χ2v) is 3.12. The first-order valence-electron chi connectivity index (χ1n) is 5.21. The number of aryl methyl sites for hydroxylation is 1. The lowest BCUT2D eigenvalue weighted by Gasteiger charge is -2.04. The first-order chi connectivity index (χ1) is 7.36. The fraction of sp³-hybridized carbons (Fsp3) is 0.700. The summed E-state index contributed by atoms with van der Waals surface area (Å²) in [6, 6.07) is 0. The van der Waals surface area contributed by atoms with E-state index < -0.39 is 0 Å². The smallest absolute Gasteiger partial charge is 0.157 e. The Labute approximate surface area is 90.4 Å². The summed E-state index contributed by atoms with van der Waals surface area (Å²) >= 11 is 0. The van der Waals surface area contributed by atoms with Gasteiger partial charge in [0.25, 0.3) is 0 Å². The highest BCUT2D eigenvalue weighted by molar-refractivity contribution is 5.11. The number of aromatic nitrogens is 2. The molecule has 0 aliphatic rings. The van der Waals surface area contributed by atoms with Crippen molar-refractivity contribution in [1.29, 1.82) is 0 Å². The molecule has 15 heavy (non-hydrogen) atoms. The van der Waals surface area contributed by atoms with Crippen LogP contribution in [0.15, 0.2) is 12.4 Å². The monoisotopic (exact) mass is 213 g/mol. The van der Waals surface area contributed by atoms with E-state index in [0.29, 0.717) is 6.61 Å². The number of rotatable bonds is 8. The molecule has 1 N–H and O–H groups in total. The second kappa shape index (κ2) is 7.25. The molecule has 0 saturated heterocycles. The van der Waals surface area contributed by atoms with E-state index in [2.05, 4.69) is 10.4 Å². The van der Waals surface area contributed by atoms with Gasteiger partial charge in [-0.3, -0.25) is 4.68 Å². The third-order valence-electron chi connectivity index (χ3n) is 1.96. The van der Waals surface area contributed by atoms with Crippen LogP contribution in [-0.4, -0.2) is 43.2 Å². The van der Waals surface area contributed by atoms with Gasteiger partial charge in [0, 0.05) is 26.7 Å². The summed E-state index contributed by atoms with van der Waals surface area (Å²) in [5, 5.41) is 7.31. The topological polar surface area (TPSA) is 48.3 Å². The van der Waals surface area contributed by atoms with Gasteiger partial charge in [-0.15, -0.1) is 0 Å². The molecule has 1 aromatic rings. The zero-order valence-electron chi connectivity index (χ0n) is 9.40. The van der Waals surface area contributed by atoms with Crippen molar-refractivity contribution in [2.45, 2.75) is 13.5 Å². The molecule has 0 aromatic carbocycles. The Bertz CT molecular complexity index is 263. The van der Waals surface area contributed by atoms with E-state index in [1.165, 1.54) is 0 Å². The first-order valence-corrected chi connectivity index (χ1v) is 5.21. The minimum atomic E-state index is 0.652. The number of methoxy groups -OCH3 is 1. The number of nitrogens with zero attached hydrogens (tertiary/aromatic N) is 2. The SMILES string of the molecule is CCn1cc(OCCNCCOC)cn1. The highest BCUT2D eigenvalue weighted by atomic mass is 16.5. The Balaban J connectivity index is 2.04. The summed E-state index contributed by atoms with van der Waals surface area (Å²) in [5.41, 5.74) is 0. The van der Waals surface area contributed by atoms with Gasteiger partial charge in [0.05, 0.1) is 19.0 Å². The molecule has 0 saturated carbocycles. The van der Waals surface area contributed by atoms with Crippen LogP contribution in [0.25, 0.3) is 0 Å². The Hall–Kier alpha value is -1.07. The van der Waals surface area contributed by atoms with E-state index in [9.17, 15) is 0 Å². The third-order valence-corrected chi connectivity index (χ3v) is 1.96. The van der Waals surface area contributed by atoms with Crippen LogP contribution in [0.4, 0.5) is 0 Å². The first kappa shape index (κ1) is 12.0. The lowest BCUT2D eigenvalue weighted by atomic mass is 10.6. The Morgan fingerprint density at radius 3 is 2.87 bits per heavy atom. The Morgan fingerprint density at radius 1 is 1.40 bits per heavy atom. The second-order valence-electron chi connectivity index (χ2n) is 3.12. The zero-order valence-corrected chi connectivity index (χ0v) is 9.40. The molecule has 1 heterocycles. The molecule has 0 atom stereocenters.